The second kappa shape index (κ2) is 8.55. The zero-order chi connectivity index (χ0) is 21.1. The number of rotatable bonds is 4. The molecule has 1 aliphatic rings. The topological polar surface area (TPSA) is 87.9 Å². The van der Waals surface area contributed by atoms with E-state index in [1.54, 1.807) is 33.0 Å². The molecular weight excluding hydrogens is 372 g/mol. The maximum atomic E-state index is 12.6. The fraction of sp³-hybridized carbons (Fsp3) is 0.476. The van der Waals surface area contributed by atoms with Crippen molar-refractivity contribution >= 4 is 17.6 Å². The molecular formula is C21H28N4O4. The molecule has 8 heteroatoms. The number of aromatic nitrogens is 1. The Bertz CT molecular complexity index is 898. The standard InChI is InChI=1S/C21H28N4O4/c1-13-12-16(28-5)6-7-17(13)22-21(27)25-10-8-15(9-11-25)19-23-18(14(2)29-19)20(26)24(3)4/h6-7,12,15H,8-11H2,1-5H3,(H,22,27). The summed E-state index contributed by atoms with van der Waals surface area (Å²) in [4.78, 5) is 32.5. The number of nitrogens with zero attached hydrogens (tertiary/aromatic N) is 3. The summed E-state index contributed by atoms with van der Waals surface area (Å²) >= 11 is 0. The van der Waals surface area contributed by atoms with Gasteiger partial charge in [0.05, 0.1) is 7.11 Å². The van der Waals surface area contributed by atoms with Gasteiger partial charge < -0.3 is 24.3 Å². The van der Waals surface area contributed by atoms with E-state index in [1.165, 1.54) is 4.90 Å². The molecule has 0 spiro atoms. The number of aryl methyl sites for hydroxylation is 2. The smallest absolute Gasteiger partial charge is 0.321 e. The number of carbonyl (C=O) groups is 2. The van der Waals surface area contributed by atoms with E-state index in [2.05, 4.69) is 10.3 Å². The molecule has 0 aliphatic carbocycles. The van der Waals surface area contributed by atoms with E-state index in [-0.39, 0.29) is 17.9 Å². The van der Waals surface area contributed by atoms with Gasteiger partial charge in [0, 0.05) is 38.8 Å². The Labute approximate surface area is 170 Å². The van der Waals surface area contributed by atoms with Gasteiger partial charge in [-0.1, -0.05) is 0 Å². The highest BCUT2D eigenvalue weighted by molar-refractivity contribution is 5.93. The maximum absolute atomic E-state index is 12.6. The average molecular weight is 400 g/mol. The van der Waals surface area contributed by atoms with E-state index >= 15 is 0 Å². The molecule has 1 aliphatic heterocycles. The zero-order valence-corrected chi connectivity index (χ0v) is 17.6. The van der Waals surface area contributed by atoms with Gasteiger partial charge in [0.1, 0.15) is 11.5 Å². The molecule has 0 saturated carbocycles. The first-order valence-electron chi connectivity index (χ1n) is 9.69. The molecule has 2 aromatic rings. The molecule has 0 unspecified atom stereocenters. The Morgan fingerprint density at radius 3 is 2.52 bits per heavy atom. The van der Waals surface area contributed by atoms with E-state index in [0.717, 1.165) is 29.8 Å². The van der Waals surface area contributed by atoms with Crippen LogP contribution in [0.15, 0.2) is 22.6 Å². The number of oxazole rings is 1. The van der Waals surface area contributed by atoms with E-state index in [9.17, 15) is 9.59 Å². The summed E-state index contributed by atoms with van der Waals surface area (Å²) in [6, 6.07) is 5.44. The Balaban J connectivity index is 1.60. The van der Waals surface area contributed by atoms with Crippen molar-refractivity contribution in [2.45, 2.75) is 32.6 Å². The SMILES string of the molecule is COc1ccc(NC(=O)N2CCC(c3nc(C(=O)N(C)C)c(C)o3)CC2)c(C)c1. The van der Waals surface area contributed by atoms with Gasteiger partial charge >= 0.3 is 6.03 Å². The first-order valence-corrected chi connectivity index (χ1v) is 9.69. The molecule has 3 rings (SSSR count). The Hall–Kier alpha value is -3.03. The molecule has 1 N–H and O–H groups in total. The van der Waals surface area contributed by atoms with Gasteiger partial charge in [-0.2, -0.15) is 0 Å². The lowest BCUT2D eigenvalue weighted by Gasteiger charge is -2.30. The third kappa shape index (κ3) is 4.52. The number of methoxy groups -OCH3 is 1. The minimum Gasteiger partial charge on any atom is -0.497 e. The normalized spacial score (nSPS) is 14.6. The molecule has 0 atom stereocenters. The number of urea groups is 1. The highest BCUT2D eigenvalue weighted by Gasteiger charge is 2.29. The molecule has 1 aromatic heterocycles. The van der Waals surface area contributed by atoms with Crippen LogP contribution in [0.25, 0.3) is 0 Å². The van der Waals surface area contributed by atoms with E-state index in [1.807, 2.05) is 25.1 Å². The molecule has 29 heavy (non-hydrogen) atoms. The lowest BCUT2D eigenvalue weighted by Crippen LogP contribution is -2.40. The van der Waals surface area contributed by atoms with Crippen molar-refractivity contribution in [3.8, 4) is 5.75 Å². The highest BCUT2D eigenvalue weighted by atomic mass is 16.5. The maximum Gasteiger partial charge on any atom is 0.321 e. The number of piperidine rings is 1. The summed E-state index contributed by atoms with van der Waals surface area (Å²) < 4.78 is 11.0. The summed E-state index contributed by atoms with van der Waals surface area (Å²) in [5.41, 5.74) is 2.08. The number of anilines is 1. The average Bonchev–Trinajstić information content (AvgIpc) is 3.10. The molecule has 0 bridgehead atoms. The minimum atomic E-state index is -0.163. The zero-order valence-electron chi connectivity index (χ0n) is 17.6. The summed E-state index contributed by atoms with van der Waals surface area (Å²) in [6.45, 7) is 4.89. The van der Waals surface area contributed by atoms with E-state index < -0.39 is 0 Å². The second-order valence-corrected chi connectivity index (χ2v) is 7.53. The van der Waals surface area contributed by atoms with Gasteiger partial charge in [-0.25, -0.2) is 9.78 Å². The van der Waals surface area contributed by atoms with Crippen LogP contribution in [0, 0.1) is 13.8 Å². The van der Waals surface area contributed by atoms with Gasteiger partial charge in [-0.15, -0.1) is 0 Å². The number of amides is 3. The van der Waals surface area contributed by atoms with E-state index in [0.29, 0.717) is 30.4 Å². The van der Waals surface area contributed by atoms with Crippen LogP contribution in [-0.2, 0) is 0 Å². The van der Waals surface area contributed by atoms with Crippen LogP contribution in [0.5, 0.6) is 5.75 Å². The van der Waals surface area contributed by atoms with Gasteiger partial charge in [0.2, 0.25) is 0 Å². The van der Waals surface area contributed by atoms with Crippen molar-refractivity contribution in [1.29, 1.82) is 0 Å². The van der Waals surface area contributed by atoms with Crippen LogP contribution >= 0.6 is 0 Å². The number of ether oxygens (including phenoxy) is 1. The molecule has 1 saturated heterocycles. The van der Waals surface area contributed by atoms with Crippen LogP contribution in [-0.4, -0.2) is 61.0 Å². The summed E-state index contributed by atoms with van der Waals surface area (Å²) in [5, 5.41) is 2.97. The molecule has 2 heterocycles. The number of carbonyl (C=O) groups excluding carboxylic acids is 2. The molecule has 0 radical (unpaired) electrons. The van der Waals surface area contributed by atoms with Gasteiger partial charge in [-0.3, -0.25) is 4.79 Å². The Kier molecular flexibility index (Phi) is 6.10. The third-order valence-electron chi connectivity index (χ3n) is 5.23. The van der Waals surface area contributed by atoms with Crippen molar-refractivity contribution in [2.24, 2.45) is 0 Å². The number of hydrogen-bond acceptors (Lipinski definition) is 5. The number of hydrogen-bond donors (Lipinski definition) is 1. The van der Waals surface area contributed by atoms with Crippen LogP contribution in [0.1, 0.15) is 46.5 Å². The lowest BCUT2D eigenvalue weighted by atomic mass is 9.97. The predicted molar refractivity (Wildman–Crippen MR) is 110 cm³/mol. The van der Waals surface area contributed by atoms with Crippen molar-refractivity contribution in [3.05, 3.63) is 41.1 Å². The lowest BCUT2D eigenvalue weighted by molar-refractivity contribution is 0.0821. The second-order valence-electron chi connectivity index (χ2n) is 7.53. The van der Waals surface area contributed by atoms with Gasteiger partial charge in [0.15, 0.2) is 11.6 Å². The minimum absolute atomic E-state index is 0.101. The van der Waals surface area contributed by atoms with Crippen molar-refractivity contribution in [3.63, 3.8) is 0 Å². The number of nitrogens with one attached hydrogen (secondary N) is 1. The molecule has 1 fully saturated rings. The predicted octanol–water partition coefficient (Wildman–Crippen LogP) is 3.41. The van der Waals surface area contributed by atoms with Crippen LogP contribution < -0.4 is 10.1 Å². The number of likely N-dealkylation sites (tertiary alicyclic amines) is 1. The van der Waals surface area contributed by atoms with Gasteiger partial charge in [-0.05, 0) is 50.5 Å². The monoisotopic (exact) mass is 400 g/mol. The van der Waals surface area contributed by atoms with Crippen molar-refractivity contribution in [1.82, 2.24) is 14.8 Å². The Morgan fingerprint density at radius 2 is 1.93 bits per heavy atom. The summed E-state index contributed by atoms with van der Waals surface area (Å²) in [6.07, 6.45) is 1.48. The first kappa shape index (κ1) is 20.7. The molecule has 3 amide bonds. The number of benzene rings is 1. The molecule has 1 aromatic carbocycles. The fourth-order valence-corrected chi connectivity index (χ4v) is 3.43. The Morgan fingerprint density at radius 1 is 1.24 bits per heavy atom. The third-order valence-corrected chi connectivity index (χ3v) is 5.23. The first-order chi connectivity index (χ1) is 13.8. The van der Waals surface area contributed by atoms with Crippen molar-refractivity contribution in [2.75, 3.05) is 39.6 Å². The summed E-state index contributed by atoms with van der Waals surface area (Å²) in [5.74, 6) is 1.82. The van der Waals surface area contributed by atoms with Crippen LogP contribution in [0.3, 0.4) is 0 Å². The van der Waals surface area contributed by atoms with Crippen molar-refractivity contribution < 1.29 is 18.7 Å². The fourth-order valence-electron chi connectivity index (χ4n) is 3.43. The molecule has 8 nitrogen and oxygen atoms in total. The van der Waals surface area contributed by atoms with Gasteiger partial charge in [0.25, 0.3) is 5.91 Å². The largest absolute Gasteiger partial charge is 0.497 e. The molecule has 156 valence electrons. The van der Waals surface area contributed by atoms with Crippen LogP contribution in [0.4, 0.5) is 10.5 Å². The van der Waals surface area contributed by atoms with Crippen LogP contribution in [0.2, 0.25) is 0 Å². The highest BCUT2D eigenvalue weighted by Crippen LogP contribution is 2.30. The van der Waals surface area contributed by atoms with E-state index in [4.69, 9.17) is 9.15 Å². The quantitative estimate of drug-likeness (QED) is 0.850. The summed E-state index contributed by atoms with van der Waals surface area (Å²) in [7, 11) is 5.00.